The molecule has 2 amide bonds. The first-order valence-electron chi connectivity index (χ1n) is 9.83. The minimum absolute atomic E-state index is 0.0382. The van der Waals surface area contributed by atoms with Crippen molar-refractivity contribution in [3.8, 4) is 0 Å². The van der Waals surface area contributed by atoms with Crippen molar-refractivity contribution >= 4 is 28.8 Å². The summed E-state index contributed by atoms with van der Waals surface area (Å²) in [6, 6.07) is 7.52. The molecule has 0 aliphatic heterocycles. The van der Waals surface area contributed by atoms with Gasteiger partial charge < -0.3 is 15.4 Å². The van der Waals surface area contributed by atoms with Crippen molar-refractivity contribution in [1.29, 1.82) is 0 Å². The van der Waals surface area contributed by atoms with E-state index in [9.17, 15) is 9.59 Å². The predicted octanol–water partition coefficient (Wildman–Crippen LogP) is 3.62. The molecular formula is C21H26N4O3S. The highest BCUT2D eigenvalue weighted by Crippen LogP contribution is 2.19. The van der Waals surface area contributed by atoms with Crippen molar-refractivity contribution in [3.05, 3.63) is 51.5 Å². The van der Waals surface area contributed by atoms with E-state index in [1.165, 1.54) is 18.4 Å². The van der Waals surface area contributed by atoms with Crippen LogP contribution in [0.3, 0.4) is 0 Å². The number of anilines is 1. The highest BCUT2D eigenvalue weighted by Gasteiger charge is 2.13. The Balaban J connectivity index is 1.35. The number of allylic oxidation sites excluding steroid dienone is 1. The fourth-order valence-electron chi connectivity index (χ4n) is 3.00. The Morgan fingerprint density at radius 2 is 2.00 bits per heavy atom. The lowest BCUT2D eigenvalue weighted by atomic mass is 9.97. The highest BCUT2D eigenvalue weighted by molar-refractivity contribution is 7.13. The topological polar surface area (TPSA) is 93.2 Å². The monoisotopic (exact) mass is 414 g/mol. The van der Waals surface area contributed by atoms with Crippen LogP contribution in [-0.4, -0.2) is 35.2 Å². The van der Waals surface area contributed by atoms with Crippen molar-refractivity contribution in [2.75, 3.05) is 18.5 Å². The smallest absolute Gasteiger partial charge is 0.286 e. The van der Waals surface area contributed by atoms with Crippen LogP contribution in [0.25, 0.3) is 0 Å². The molecule has 0 saturated carbocycles. The summed E-state index contributed by atoms with van der Waals surface area (Å²) < 4.78 is 5.40. The average molecular weight is 415 g/mol. The molecule has 1 aliphatic rings. The zero-order valence-electron chi connectivity index (χ0n) is 16.6. The zero-order valence-corrected chi connectivity index (χ0v) is 17.4. The van der Waals surface area contributed by atoms with Crippen LogP contribution in [0.15, 0.2) is 35.9 Å². The van der Waals surface area contributed by atoms with E-state index < -0.39 is 0 Å². The van der Waals surface area contributed by atoms with Crippen molar-refractivity contribution < 1.29 is 14.3 Å². The Bertz CT molecular complexity index is 861. The summed E-state index contributed by atoms with van der Waals surface area (Å²) in [4.78, 5) is 24.1. The Labute approximate surface area is 174 Å². The molecule has 29 heavy (non-hydrogen) atoms. The van der Waals surface area contributed by atoms with Crippen LogP contribution in [0.4, 0.5) is 5.69 Å². The Morgan fingerprint density at radius 3 is 2.76 bits per heavy atom. The maximum Gasteiger partial charge on any atom is 0.286 e. The van der Waals surface area contributed by atoms with Crippen LogP contribution in [0.5, 0.6) is 0 Å². The lowest BCUT2D eigenvalue weighted by Crippen LogP contribution is -2.28. The van der Waals surface area contributed by atoms with Crippen LogP contribution in [0.1, 0.15) is 52.5 Å². The maximum absolute atomic E-state index is 12.2. The fourth-order valence-corrected chi connectivity index (χ4v) is 3.67. The first-order chi connectivity index (χ1) is 14.1. The number of nitrogens with one attached hydrogen (secondary N) is 2. The van der Waals surface area contributed by atoms with Gasteiger partial charge >= 0.3 is 0 Å². The van der Waals surface area contributed by atoms with E-state index in [0.717, 1.165) is 36.2 Å². The van der Waals surface area contributed by atoms with E-state index >= 15 is 0 Å². The molecule has 1 aromatic heterocycles. The molecule has 1 heterocycles. The predicted molar refractivity (Wildman–Crippen MR) is 113 cm³/mol. The summed E-state index contributed by atoms with van der Waals surface area (Å²) in [5.74, 6) is -0.462. The van der Waals surface area contributed by atoms with Crippen LogP contribution in [0.2, 0.25) is 0 Å². The van der Waals surface area contributed by atoms with Gasteiger partial charge in [-0.15, -0.1) is 10.2 Å². The maximum atomic E-state index is 12.2. The van der Waals surface area contributed by atoms with Gasteiger partial charge in [0.05, 0.1) is 0 Å². The Morgan fingerprint density at radius 1 is 1.17 bits per heavy atom. The largest absolute Gasteiger partial charge is 0.364 e. The highest BCUT2D eigenvalue weighted by atomic mass is 32.1. The number of carbonyl (C=O) groups is 2. The Hall–Kier alpha value is -2.58. The molecule has 8 heteroatoms. The number of aromatic nitrogens is 2. The molecule has 154 valence electrons. The zero-order chi connectivity index (χ0) is 20.5. The van der Waals surface area contributed by atoms with E-state index in [4.69, 9.17) is 4.74 Å². The number of carbonyl (C=O) groups excluding carboxylic acids is 2. The summed E-state index contributed by atoms with van der Waals surface area (Å²) in [7, 11) is 0. The van der Waals surface area contributed by atoms with Gasteiger partial charge in [-0.3, -0.25) is 9.59 Å². The molecule has 7 nitrogen and oxygen atoms in total. The number of hydrogen-bond acceptors (Lipinski definition) is 6. The van der Waals surface area contributed by atoms with E-state index in [2.05, 4.69) is 26.9 Å². The molecule has 2 aromatic rings. The molecule has 0 unspecified atom stereocenters. The molecule has 0 atom stereocenters. The molecule has 1 aliphatic carbocycles. The minimum atomic E-state index is -0.313. The molecule has 0 fully saturated rings. The van der Waals surface area contributed by atoms with Crippen LogP contribution in [-0.2, 0) is 16.1 Å². The average Bonchev–Trinajstić information content (AvgIpc) is 3.20. The van der Waals surface area contributed by atoms with Gasteiger partial charge in [-0.05, 0) is 51.2 Å². The summed E-state index contributed by atoms with van der Waals surface area (Å²) in [5, 5.41) is 14.3. The minimum Gasteiger partial charge on any atom is -0.364 e. The van der Waals surface area contributed by atoms with Gasteiger partial charge in [-0.25, -0.2) is 0 Å². The number of nitrogens with zero attached hydrogens (tertiary/aromatic N) is 2. The number of ether oxygens (including phenoxy) is 1. The molecule has 0 saturated heterocycles. The van der Waals surface area contributed by atoms with E-state index in [0.29, 0.717) is 17.2 Å². The number of rotatable bonds is 9. The third-order valence-corrected chi connectivity index (χ3v) is 5.48. The van der Waals surface area contributed by atoms with Gasteiger partial charge in [0.15, 0.2) is 0 Å². The van der Waals surface area contributed by atoms with Gasteiger partial charge in [-0.2, -0.15) is 0 Å². The van der Waals surface area contributed by atoms with Crippen LogP contribution >= 0.6 is 11.3 Å². The Kier molecular flexibility index (Phi) is 7.89. The summed E-state index contributed by atoms with van der Waals surface area (Å²) in [6.07, 6.45) is 8.00. The molecule has 0 bridgehead atoms. The molecule has 0 radical (unpaired) electrons. The summed E-state index contributed by atoms with van der Waals surface area (Å²) >= 11 is 1.15. The number of aryl methyl sites for hydroxylation is 1. The lowest BCUT2D eigenvalue weighted by Gasteiger charge is -2.12. The van der Waals surface area contributed by atoms with Crippen LogP contribution in [0, 0.1) is 6.92 Å². The number of hydrogen-bond donors (Lipinski definition) is 2. The van der Waals surface area contributed by atoms with E-state index in [1.54, 1.807) is 0 Å². The van der Waals surface area contributed by atoms with E-state index in [-0.39, 0.29) is 30.0 Å². The fraction of sp³-hybridized carbons (Fsp3) is 0.429. The number of amides is 2. The molecular weight excluding hydrogens is 388 g/mol. The second-order valence-electron chi connectivity index (χ2n) is 7.02. The SMILES string of the molecule is Cc1ccc(NC(=O)c2nnc(COCC(=O)NCCC3=CCCCC3)s2)cc1. The van der Waals surface area contributed by atoms with Gasteiger partial charge in [0, 0.05) is 12.2 Å². The first-order valence-corrected chi connectivity index (χ1v) is 10.6. The number of benzene rings is 1. The molecule has 2 N–H and O–H groups in total. The van der Waals surface area contributed by atoms with Crippen molar-refractivity contribution in [2.24, 2.45) is 0 Å². The van der Waals surface area contributed by atoms with E-state index in [1.807, 2.05) is 31.2 Å². The van der Waals surface area contributed by atoms with Crippen molar-refractivity contribution in [1.82, 2.24) is 15.5 Å². The molecule has 0 spiro atoms. The van der Waals surface area contributed by atoms with Gasteiger partial charge in [-0.1, -0.05) is 40.7 Å². The summed E-state index contributed by atoms with van der Waals surface area (Å²) in [6.45, 7) is 2.73. The second kappa shape index (κ2) is 10.8. The van der Waals surface area contributed by atoms with Gasteiger partial charge in [0.1, 0.15) is 18.2 Å². The van der Waals surface area contributed by atoms with Gasteiger partial charge in [0.25, 0.3) is 5.91 Å². The standard InChI is InChI=1S/C21H26N4O3S/c1-15-7-9-17(10-8-15)23-20(27)21-25-24-19(29-21)14-28-13-18(26)22-12-11-16-5-3-2-4-6-16/h5,7-10H,2-4,6,11-14H2,1H3,(H,22,26)(H,23,27). The summed E-state index contributed by atoms with van der Waals surface area (Å²) in [5.41, 5.74) is 3.26. The molecule has 3 rings (SSSR count). The second-order valence-corrected chi connectivity index (χ2v) is 8.08. The lowest BCUT2D eigenvalue weighted by molar-refractivity contribution is -0.126. The normalized spacial score (nSPS) is 13.6. The van der Waals surface area contributed by atoms with Gasteiger partial charge in [0.2, 0.25) is 10.9 Å². The van der Waals surface area contributed by atoms with Crippen LogP contribution < -0.4 is 10.6 Å². The molecule has 1 aromatic carbocycles. The quantitative estimate of drug-likeness (QED) is 0.611. The third-order valence-electron chi connectivity index (χ3n) is 4.58. The first kappa shape index (κ1) is 21.1. The van der Waals surface area contributed by atoms with Crippen molar-refractivity contribution in [3.63, 3.8) is 0 Å². The van der Waals surface area contributed by atoms with Crippen molar-refractivity contribution in [2.45, 2.75) is 45.6 Å². The third kappa shape index (κ3) is 7.07.